The minimum Gasteiger partial charge on any atom is -0.329 e. The van der Waals surface area contributed by atoms with Crippen molar-refractivity contribution in [3.63, 3.8) is 0 Å². The lowest BCUT2D eigenvalue weighted by Gasteiger charge is -2.43. The van der Waals surface area contributed by atoms with E-state index in [1.165, 1.54) is 24.2 Å². The molecule has 1 aliphatic rings. The Labute approximate surface area is 122 Å². The maximum atomic E-state index is 6.06. The first-order valence-electron chi connectivity index (χ1n) is 6.40. The first-order valence-corrected chi connectivity index (χ1v) is 8.34. The van der Waals surface area contributed by atoms with Crippen molar-refractivity contribution in [1.82, 2.24) is 4.90 Å². The molecule has 100 valence electrons. The lowest BCUT2D eigenvalue weighted by Crippen LogP contribution is -2.55. The molecule has 1 aliphatic heterocycles. The second-order valence-electron chi connectivity index (χ2n) is 5.07. The molecule has 1 heterocycles. The van der Waals surface area contributed by atoms with Crippen molar-refractivity contribution in [3.05, 3.63) is 34.3 Å². The first-order chi connectivity index (χ1) is 8.66. The molecule has 0 aromatic heterocycles. The van der Waals surface area contributed by atoms with Crippen LogP contribution in [0.25, 0.3) is 0 Å². The van der Waals surface area contributed by atoms with Gasteiger partial charge in [0.25, 0.3) is 0 Å². The molecular formula is C14H21BrN2S. The van der Waals surface area contributed by atoms with Crippen LogP contribution in [0.1, 0.15) is 18.4 Å². The Kier molecular flexibility index (Phi) is 5.13. The van der Waals surface area contributed by atoms with Crippen LogP contribution in [0.4, 0.5) is 0 Å². The highest BCUT2D eigenvalue weighted by atomic mass is 79.9. The Morgan fingerprint density at radius 3 is 2.94 bits per heavy atom. The summed E-state index contributed by atoms with van der Waals surface area (Å²) in [5, 5.41) is 0. The summed E-state index contributed by atoms with van der Waals surface area (Å²) in [5.74, 6) is 2.44. The largest absolute Gasteiger partial charge is 0.329 e. The third kappa shape index (κ3) is 3.29. The fourth-order valence-corrected chi connectivity index (χ4v) is 4.33. The molecule has 18 heavy (non-hydrogen) atoms. The molecule has 1 fully saturated rings. The smallest absolute Gasteiger partial charge is 0.0422 e. The van der Waals surface area contributed by atoms with Gasteiger partial charge < -0.3 is 5.73 Å². The molecule has 1 aromatic rings. The van der Waals surface area contributed by atoms with E-state index in [-0.39, 0.29) is 5.54 Å². The van der Waals surface area contributed by atoms with Gasteiger partial charge in [-0.15, -0.1) is 0 Å². The molecule has 0 saturated carbocycles. The molecule has 4 heteroatoms. The molecule has 2 rings (SSSR count). The van der Waals surface area contributed by atoms with Gasteiger partial charge in [0.1, 0.15) is 0 Å². The summed E-state index contributed by atoms with van der Waals surface area (Å²) in [6.07, 6.45) is 2.51. The highest BCUT2D eigenvalue weighted by Crippen LogP contribution is 2.31. The van der Waals surface area contributed by atoms with Gasteiger partial charge in [-0.3, -0.25) is 4.90 Å². The average Bonchev–Trinajstić information content (AvgIpc) is 2.39. The number of nitrogens with zero attached hydrogens (tertiary/aromatic N) is 1. The minimum absolute atomic E-state index is 0.186. The van der Waals surface area contributed by atoms with Crippen LogP contribution in [0.15, 0.2) is 28.7 Å². The number of halogens is 1. The monoisotopic (exact) mass is 328 g/mol. The van der Waals surface area contributed by atoms with E-state index >= 15 is 0 Å². The Morgan fingerprint density at radius 1 is 1.50 bits per heavy atom. The molecule has 0 spiro atoms. The zero-order valence-electron chi connectivity index (χ0n) is 10.9. The maximum Gasteiger partial charge on any atom is 0.0422 e. The van der Waals surface area contributed by atoms with Gasteiger partial charge in [-0.2, -0.15) is 11.8 Å². The van der Waals surface area contributed by atoms with Crippen molar-refractivity contribution in [2.75, 3.05) is 25.1 Å². The predicted octanol–water partition coefficient (Wildman–Crippen LogP) is 3.11. The first kappa shape index (κ1) is 14.4. The molecule has 0 bridgehead atoms. The number of benzene rings is 1. The van der Waals surface area contributed by atoms with Crippen LogP contribution in [-0.2, 0) is 6.54 Å². The average molecular weight is 329 g/mol. The van der Waals surface area contributed by atoms with E-state index in [4.69, 9.17) is 5.73 Å². The number of nitrogens with two attached hydrogens (primary N) is 1. The van der Waals surface area contributed by atoms with E-state index in [9.17, 15) is 0 Å². The van der Waals surface area contributed by atoms with E-state index in [1.54, 1.807) is 0 Å². The van der Waals surface area contributed by atoms with E-state index in [0.717, 1.165) is 23.3 Å². The van der Waals surface area contributed by atoms with Gasteiger partial charge in [0, 0.05) is 28.9 Å². The number of likely N-dealkylation sites (N-methyl/N-ethyl adjacent to an activating group) is 1. The SMILES string of the molecule is CN(Cc1cccc(Br)c1)C1(CN)CCCSC1. The van der Waals surface area contributed by atoms with Gasteiger partial charge in [0.2, 0.25) is 0 Å². The molecular weight excluding hydrogens is 308 g/mol. The van der Waals surface area contributed by atoms with E-state index < -0.39 is 0 Å². The van der Waals surface area contributed by atoms with Crippen molar-refractivity contribution in [3.8, 4) is 0 Å². The van der Waals surface area contributed by atoms with Crippen LogP contribution in [0.5, 0.6) is 0 Å². The lowest BCUT2D eigenvalue weighted by atomic mass is 9.93. The number of hydrogen-bond acceptors (Lipinski definition) is 3. The van der Waals surface area contributed by atoms with Gasteiger partial charge in [0.15, 0.2) is 0 Å². The number of hydrogen-bond donors (Lipinski definition) is 1. The Balaban J connectivity index is 2.07. The summed E-state index contributed by atoms with van der Waals surface area (Å²) in [6.45, 7) is 1.72. The maximum absolute atomic E-state index is 6.06. The fourth-order valence-electron chi connectivity index (χ4n) is 2.53. The standard InChI is InChI=1S/C14H21BrN2S/c1-17(9-12-4-2-5-13(15)8-12)14(10-16)6-3-7-18-11-14/h2,4-5,8H,3,6-7,9-11,16H2,1H3. The summed E-state index contributed by atoms with van der Waals surface area (Å²) < 4.78 is 1.15. The Morgan fingerprint density at radius 2 is 2.33 bits per heavy atom. The van der Waals surface area contributed by atoms with Crippen molar-refractivity contribution in [1.29, 1.82) is 0 Å². The third-order valence-corrected chi connectivity index (χ3v) is 5.61. The quantitative estimate of drug-likeness (QED) is 0.920. The molecule has 2 N–H and O–H groups in total. The van der Waals surface area contributed by atoms with E-state index in [0.29, 0.717) is 0 Å². The van der Waals surface area contributed by atoms with Gasteiger partial charge >= 0.3 is 0 Å². The zero-order valence-corrected chi connectivity index (χ0v) is 13.3. The molecule has 1 saturated heterocycles. The minimum atomic E-state index is 0.186. The van der Waals surface area contributed by atoms with E-state index in [1.807, 2.05) is 11.8 Å². The van der Waals surface area contributed by atoms with E-state index in [2.05, 4.69) is 52.1 Å². The zero-order chi connectivity index (χ0) is 13.0. The van der Waals surface area contributed by atoms with Crippen LogP contribution < -0.4 is 5.73 Å². The van der Waals surface area contributed by atoms with Gasteiger partial charge in [-0.25, -0.2) is 0 Å². The van der Waals surface area contributed by atoms with Gasteiger partial charge in [0.05, 0.1) is 0 Å². The Bertz CT molecular complexity index is 391. The molecule has 0 amide bonds. The van der Waals surface area contributed by atoms with Crippen molar-refractivity contribution in [2.24, 2.45) is 5.73 Å². The van der Waals surface area contributed by atoms with Crippen molar-refractivity contribution in [2.45, 2.75) is 24.9 Å². The number of rotatable bonds is 4. The predicted molar refractivity (Wildman–Crippen MR) is 84.0 cm³/mol. The second-order valence-corrected chi connectivity index (χ2v) is 7.09. The summed E-state index contributed by atoms with van der Waals surface area (Å²) >= 11 is 5.57. The van der Waals surface area contributed by atoms with Gasteiger partial charge in [-0.1, -0.05) is 28.1 Å². The second kappa shape index (κ2) is 6.42. The van der Waals surface area contributed by atoms with Crippen LogP contribution in [0, 0.1) is 0 Å². The summed E-state index contributed by atoms with van der Waals surface area (Å²) in [6, 6.07) is 8.54. The molecule has 0 aliphatic carbocycles. The molecule has 1 aromatic carbocycles. The summed E-state index contributed by atoms with van der Waals surface area (Å²) in [7, 11) is 2.21. The highest BCUT2D eigenvalue weighted by molar-refractivity contribution is 9.10. The van der Waals surface area contributed by atoms with Crippen LogP contribution >= 0.6 is 27.7 Å². The van der Waals surface area contributed by atoms with Crippen LogP contribution in [0.2, 0.25) is 0 Å². The molecule has 2 nitrogen and oxygen atoms in total. The van der Waals surface area contributed by atoms with Crippen LogP contribution in [0.3, 0.4) is 0 Å². The molecule has 1 unspecified atom stereocenters. The number of thioether (sulfide) groups is 1. The normalized spacial score (nSPS) is 24.4. The van der Waals surface area contributed by atoms with Gasteiger partial charge in [-0.05, 0) is 43.3 Å². The molecule has 1 atom stereocenters. The van der Waals surface area contributed by atoms with Crippen molar-refractivity contribution < 1.29 is 0 Å². The van der Waals surface area contributed by atoms with Crippen molar-refractivity contribution >= 4 is 27.7 Å². The molecule has 0 radical (unpaired) electrons. The van der Waals surface area contributed by atoms with Crippen LogP contribution in [-0.4, -0.2) is 35.5 Å². The fraction of sp³-hybridized carbons (Fsp3) is 0.571. The summed E-state index contributed by atoms with van der Waals surface area (Å²) in [5.41, 5.74) is 7.59. The lowest BCUT2D eigenvalue weighted by molar-refractivity contribution is 0.127. The summed E-state index contributed by atoms with van der Waals surface area (Å²) in [4.78, 5) is 2.45. The third-order valence-electron chi connectivity index (χ3n) is 3.80. The topological polar surface area (TPSA) is 29.3 Å². The highest BCUT2D eigenvalue weighted by Gasteiger charge is 2.34. The Hall–Kier alpha value is -0.0300.